The van der Waals surface area contributed by atoms with Crippen LogP contribution in [-0.4, -0.2) is 65.3 Å². The van der Waals surface area contributed by atoms with E-state index >= 15 is 0 Å². The molecule has 0 radical (unpaired) electrons. The molecule has 3 rings (SSSR count). The quantitative estimate of drug-likeness (QED) is 0.376. The van der Waals surface area contributed by atoms with Crippen molar-refractivity contribution in [3.05, 3.63) is 35.9 Å². The molecule has 2 saturated heterocycles. The van der Waals surface area contributed by atoms with Crippen LogP contribution >= 0.6 is 0 Å². The third kappa shape index (κ3) is 3.79. The first-order chi connectivity index (χ1) is 13.6. The Morgan fingerprint density at radius 1 is 1.24 bits per heavy atom. The molecular weight excluding hydrogens is 412 g/mol. The van der Waals surface area contributed by atoms with E-state index < -0.39 is 57.5 Å². The first-order valence-corrected chi connectivity index (χ1v) is 9.80. The van der Waals surface area contributed by atoms with Crippen LogP contribution in [-0.2, 0) is 38.9 Å². The van der Waals surface area contributed by atoms with Crippen LogP contribution in [0.1, 0.15) is 23.7 Å². The number of rotatable bonds is 6. The molecule has 0 bridgehead atoms. The van der Waals surface area contributed by atoms with Crippen LogP contribution in [0.3, 0.4) is 0 Å². The summed E-state index contributed by atoms with van der Waals surface area (Å²) in [4.78, 5) is 53.1. The monoisotopic (exact) mass is 428 g/mol. The minimum absolute atomic E-state index is 0.0394. The number of amides is 2. The number of carboxylic acids is 1. The molecule has 2 aliphatic heterocycles. The van der Waals surface area contributed by atoms with Crippen LogP contribution in [0.25, 0.3) is 0 Å². The second kappa shape index (κ2) is 7.42. The zero-order chi connectivity index (χ0) is 21.4. The second-order valence-electron chi connectivity index (χ2n) is 6.36. The van der Waals surface area contributed by atoms with Gasteiger partial charge in [-0.05, 0) is 5.56 Å². The molecule has 2 unspecified atom stereocenters. The Bertz CT molecular complexity index is 963. The number of carboxylic acid groups (broad SMARTS) is 1. The molecule has 156 valence electrons. The van der Waals surface area contributed by atoms with Gasteiger partial charge >= 0.3 is 17.7 Å². The highest BCUT2D eigenvalue weighted by molar-refractivity contribution is 7.86. The minimum atomic E-state index is -4.88. The van der Waals surface area contributed by atoms with Gasteiger partial charge in [0.2, 0.25) is 5.91 Å². The van der Waals surface area contributed by atoms with Crippen molar-refractivity contribution >= 4 is 33.9 Å². The Labute approximate surface area is 164 Å². The lowest BCUT2D eigenvalue weighted by Gasteiger charge is -2.30. The van der Waals surface area contributed by atoms with Crippen molar-refractivity contribution in [2.45, 2.75) is 29.9 Å². The Hall–Kier alpha value is -3.03. The van der Waals surface area contributed by atoms with E-state index in [-0.39, 0.29) is 18.4 Å². The van der Waals surface area contributed by atoms with Crippen molar-refractivity contribution in [1.29, 1.82) is 0 Å². The molecule has 1 aromatic carbocycles. The summed E-state index contributed by atoms with van der Waals surface area (Å²) >= 11 is 0. The van der Waals surface area contributed by atoms with Crippen molar-refractivity contribution in [2.24, 2.45) is 0 Å². The number of hydrogen-bond acceptors (Lipinski definition) is 8. The fraction of sp³-hybridized carbons (Fsp3) is 0.375. The lowest BCUT2D eigenvalue weighted by molar-refractivity contribution is -0.256. The predicted molar refractivity (Wildman–Crippen MR) is 91.2 cm³/mol. The molecule has 0 spiro atoms. The van der Waals surface area contributed by atoms with Crippen LogP contribution < -0.4 is 5.32 Å². The molecule has 3 atom stereocenters. The minimum Gasteiger partial charge on any atom is -0.477 e. The molecule has 2 aliphatic rings. The van der Waals surface area contributed by atoms with E-state index in [1.54, 1.807) is 6.07 Å². The molecule has 0 saturated carbocycles. The van der Waals surface area contributed by atoms with Crippen LogP contribution in [0.5, 0.6) is 0 Å². The summed E-state index contributed by atoms with van der Waals surface area (Å²) in [5.74, 6) is -4.73. The number of aliphatic carboxylic acids is 1. The van der Waals surface area contributed by atoms with Crippen LogP contribution in [0.15, 0.2) is 30.3 Å². The molecule has 2 fully saturated rings. The van der Waals surface area contributed by atoms with Crippen molar-refractivity contribution in [1.82, 2.24) is 10.4 Å². The largest absolute Gasteiger partial charge is 0.477 e. The maximum atomic E-state index is 12.6. The van der Waals surface area contributed by atoms with E-state index in [9.17, 15) is 37.3 Å². The highest BCUT2D eigenvalue weighted by Crippen LogP contribution is 2.34. The molecule has 2 heterocycles. The number of nitrogens with one attached hydrogen (secondary N) is 1. The van der Waals surface area contributed by atoms with Gasteiger partial charge < -0.3 is 15.2 Å². The lowest BCUT2D eigenvalue weighted by Crippen LogP contribution is -2.57. The maximum absolute atomic E-state index is 12.6. The number of hydroxylamine groups is 2. The molecule has 0 aromatic heterocycles. The Morgan fingerprint density at radius 2 is 1.90 bits per heavy atom. The maximum Gasteiger partial charge on any atom is 0.372 e. The fourth-order valence-corrected chi connectivity index (χ4v) is 3.93. The smallest absolute Gasteiger partial charge is 0.372 e. The molecule has 0 aliphatic carbocycles. The van der Waals surface area contributed by atoms with Gasteiger partial charge in [0.25, 0.3) is 16.0 Å². The van der Waals surface area contributed by atoms with Gasteiger partial charge in [0.1, 0.15) is 12.6 Å². The fourth-order valence-electron chi connectivity index (χ4n) is 3.09. The first-order valence-electron chi connectivity index (χ1n) is 8.30. The van der Waals surface area contributed by atoms with E-state index in [0.29, 0.717) is 5.06 Å². The van der Waals surface area contributed by atoms with Crippen molar-refractivity contribution in [2.75, 3.05) is 6.61 Å². The number of hydrogen-bond donors (Lipinski definition) is 3. The molecule has 12 nitrogen and oxygen atoms in total. The summed E-state index contributed by atoms with van der Waals surface area (Å²) in [5, 5.41) is 9.89. The van der Waals surface area contributed by atoms with Gasteiger partial charge in [0.05, 0.1) is 6.42 Å². The predicted octanol–water partition coefficient (Wildman–Crippen LogP) is -1.01. The summed E-state index contributed by atoms with van der Waals surface area (Å²) in [5.41, 5.74) is -2.40. The Balaban J connectivity index is 1.80. The van der Waals surface area contributed by atoms with E-state index in [2.05, 4.69) is 5.32 Å². The standard InChI is InChI=1S/C16H16N2O10S/c19-11-6-7-16(28-11,15(22)23)18-14(21)10(8-27-18)17-13(20)12(29(24,25)26)9-4-2-1-3-5-9/h1-5,10,12H,6-8H2,(H,17,20)(H,22,23)(H,24,25,26)/t10-,12?,16?/m0/s1. The topological polar surface area (TPSA) is 177 Å². The molecular formula is C16H16N2O10S. The van der Waals surface area contributed by atoms with Gasteiger partial charge in [0, 0.05) is 6.42 Å². The third-order valence-electron chi connectivity index (χ3n) is 4.44. The van der Waals surface area contributed by atoms with Gasteiger partial charge in [-0.1, -0.05) is 30.3 Å². The number of cyclic esters (lactones) is 1. The van der Waals surface area contributed by atoms with Crippen LogP contribution in [0.4, 0.5) is 0 Å². The van der Waals surface area contributed by atoms with Crippen molar-refractivity contribution in [3.8, 4) is 0 Å². The lowest BCUT2D eigenvalue weighted by atomic mass is 10.1. The number of benzene rings is 1. The van der Waals surface area contributed by atoms with Gasteiger partial charge in [0.15, 0.2) is 5.25 Å². The zero-order valence-corrected chi connectivity index (χ0v) is 15.5. The average Bonchev–Trinajstić information content (AvgIpc) is 3.19. The van der Waals surface area contributed by atoms with E-state index in [1.807, 2.05) is 0 Å². The number of esters is 1. The summed E-state index contributed by atoms with van der Waals surface area (Å²) in [7, 11) is -4.88. The van der Waals surface area contributed by atoms with Crippen molar-refractivity contribution in [3.63, 3.8) is 0 Å². The van der Waals surface area contributed by atoms with Gasteiger partial charge in [-0.25, -0.2) is 4.79 Å². The number of ether oxygens (including phenoxy) is 1. The molecule has 3 N–H and O–H groups in total. The van der Waals surface area contributed by atoms with Crippen molar-refractivity contribution < 1.29 is 46.8 Å². The highest BCUT2D eigenvalue weighted by atomic mass is 32.2. The molecule has 29 heavy (non-hydrogen) atoms. The molecule has 13 heteroatoms. The third-order valence-corrected chi connectivity index (χ3v) is 5.52. The molecule has 1 aromatic rings. The Morgan fingerprint density at radius 3 is 2.41 bits per heavy atom. The van der Waals surface area contributed by atoms with Crippen LogP contribution in [0, 0.1) is 0 Å². The second-order valence-corrected chi connectivity index (χ2v) is 7.86. The van der Waals surface area contributed by atoms with Crippen LogP contribution in [0.2, 0.25) is 0 Å². The number of nitrogens with zero attached hydrogens (tertiary/aromatic N) is 1. The van der Waals surface area contributed by atoms with Gasteiger partial charge in [-0.15, -0.1) is 0 Å². The summed E-state index contributed by atoms with van der Waals surface area (Å²) in [6, 6.07) is 5.63. The van der Waals surface area contributed by atoms with Gasteiger partial charge in [-0.2, -0.15) is 13.5 Å². The SMILES string of the molecule is O=C1CCC(C(=O)O)(N2OC[C@H](NC(=O)C(c3ccccc3)S(=O)(=O)O)C2=O)O1. The highest BCUT2D eigenvalue weighted by Gasteiger charge is 2.59. The van der Waals surface area contributed by atoms with E-state index in [4.69, 9.17) is 9.57 Å². The van der Waals surface area contributed by atoms with E-state index in [0.717, 1.165) is 0 Å². The molecule has 2 amide bonds. The summed E-state index contributed by atoms with van der Waals surface area (Å²) < 4.78 is 37.7. The zero-order valence-electron chi connectivity index (χ0n) is 14.7. The summed E-state index contributed by atoms with van der Waals surface area (Å²) in [6.07, 6.45) is -0.611. The summed E-state index contributed by atoms with van der Waals surface area (Å²) in [6.45, 7) is -0.524. The Kier molecular flexibility index (Phi) is 5.30. The first kappa shape index (κ1) is 20.7. The average molecular weight is 428 g/mol. The van der Waals surface area contributed by atoms with Gasteiger partial charge in [-0.3, -0.25) is 23.8 Å². The normalized spacial score (nSPS) is 25.6. The number of carbonyl (C=O) groups excluding carboxylic acids is 3. The number of carbonyl (C=O) groups is 4. The van der Waals surface area contributed by atoms with E-state index in [1.165, 1.54) is 24.3 Å².